The lowest BCUT2D eigenvalue weighted by Gasteiger charge is -2.24. The van der Waals surface area contributed by atoms with E-state index in [0.29, 0.717) is 24.2 Å². The van der Waals surface area contributed by atoms with Gasteiger partial charge >= 0.3 is 0 Å². The second-order valence-corrected chi connectivity index (χ2v) is 8.03. The summed E-state index contributed by atoms with van der Waals surface area (Å²) in [5.74, 6) is -0.0365. The van der Waals surface area contributed by atoms with Gasteiger partial charge in [0.05, 0.1) is 10.6 Å². The van der Waals surface area contributed by atoms with Crippen LogP contribution >= 0.6 is 0 Å². The summed E-state index contributed by atoms with van der Waals surface area (Å²) in [7, 11) is -2.09. The summed E-state index contributed by atoms with van der Waals surface area (Å²) in [4.78, 5) is 11.7. The van der Waals surface area contributed by atoms with Gasteiger partial charge in [-0.25, -0.2) is 8.42 Å². The highest BCUT2D eigenvalue weighted by atomic mass is 32.2. The molecule has 126 valence electrons. The predicted octanol–water partition coefficient (Wildman–Crippen LogP) is 3.01. The third kappa shape index (κ3) is 2.78. The predicted molar refractivity (Wildman–Crippen MR) is 94.9 cm³/mol. The zero-order valence-electron chi connectivity index (χ0n) is 14.0. The van der Waals surface area contributed by atoms with Crippen LogP contribution in [0.1, 0.15) is 23.1 Å². The van der Waals surface area contributed by atoms with E-state index < -0.39 is 10.0 Å². The van der Waals surface area contributed by atoms with Gasteiger partial charge in [0.25, 0.3) is 10.0 Å². The highest BCUT2D eigenvalue weighted by Crippen LogP contribution is 2.30. The fourth-order valence-electron chi connectivity index (χ4n) is 2.88. The molecule has 1 N–H and O–H groups in total. The number of hydrogen-bond donors (Lipinski definition) is 1. The summed E-state index contributed by atoms with van der Waals surface area (Å²) in [6.45, 7) is 3.87. The van der Waals surface area contributed by atoms with Gasteiger partial charge in [0.2, 0.25) is 5.91 Å². The Morgan fingerprint density at radius 1 is 1.08 bits per heavy atom. The van der Waals surface area contributed by atoms with Gasteiger partial charge in [-0.05, 0) is 61.2 Å². The molecule has 1 heterocycles. The minimum Gasteiger partial charge on any atom is -0.326 e. The van der Waals surface area contributed by atoms with E-state index in [2.05, 4.69) is 5.32 Å². The number of sulfonamides is 1. The Labute approximate surface area is 142 Å². The third-order valence-electron chi connectivity index (χ3n) is 4.55. The number of nitrogens with zero attached hydrogens (tertiary/aromatic N) is 1. The molecule has 1 aliphatic rings. The van der Waals surface area contributed by atoms with Gasteiger partial charge in [-0.3, -0.25) is 9.10 Å². The molecule has 24 heavy (non-hydrogen) atoms. The van der Waals surface area contributed by atoms with Crippen LogP contribution in [0.25, 0.3) is 0 Å². The van der Waals surface area contributed by atoms with Gasteiger partial charge in [0.1, 0.15) is 0 Å². The molecule has 0 atom stereocenters. The summed E-state index contributed by atoms with van der Waals surface area (Å²) in [5, 5.41) is 2.77. The molecule has 0 aliphatic carbocycles. The third-order valence-corrected chi connectivity index (χ3v) is 6.31. The minimum absolute atomic E-state index is 0.0365. The van der Waals surface area contributed by atoms with Gasteiger partial charge in [-0.15, -0.1) is 0 Å². The van der Waals surface area contributed by atoms with Crippen molar-refractivity contribution >= 4 is 27.3 Å². The van der Waals surface area contributed by atoms with Crippen LogP contribution in [-0.4, -0.2) is 21.4 Å². The van der Waals surface area contributed by atoms with Crippen LogP contribution in [0.5, 0.6) is 0 Å². The second-order valence-electron chi connectivity index (χ2n) is 6.06. The number of anilines is 2. The van der Waals surface area contributed by atoms with Crippen molar-refractivity contribution in [2.45, 2.75) is 31.6 Å². The normalized spacial score (nSPS) is 14.0. The van der Waals surface area contributed by atoms with Crippen molar-refractivity contribution in [3.05, 3.63) is 53.1 Å². The summed E-state index contributed by atoms with van der Waals surface area (Å²) >= 11 is 0. The van der Waals surface area contributed by atoms with Gasteiger partial charge in [-0.2, -0.15) is 0 Å². The number of carbonyl (C=O) groups excluding carboxylic acids is 1. The summed E-state index contributed by atoms with van der Waals surface area (Å²) in [6, 6.07) is 10.5. The molecule has 0 spiro atoms. The molecule has 1 aliphatic heterocycles. The first-order valence-corrected chi connectivity index (χ1v) is 9.22. The zero-order chi connectivity index (χ0) is 17.5. The van der Waals surface area contributed by atoms with E-state index >= 15 is 0 Å². The molecule has 0 aromatic heterocycles. The van der Waals surface area contributed by atoms with E-state index in [-0.39, 0.29) is 10.8 Å². The molecule has 2 aromatic carbocycles. The molecule has 3 rings (SSSR count). The smallest absolute Gasteiger partial charge is 0.264 e. The molecule has 0 bridgehead atoms. The maximum absolute atomic E-state index is 13.0. The van der Waals surface area contributed by atoms with Crippen molar-refractivity contribution < 1.29 is 13.2 Å². The molecular formula is C18H20N2O3S. The van der Waals surface area contributed by atoms with Crippen molar-refractivity contribution in [3.8, 4) is 0 Å². The number of rotatable bonds is 3. The van der Waals surface area contributed by atoms with Gasteiger partial charge < -0.3 is 5.32 Å². The molecule has 5 nitrogen and oxygen atoms in total. The topological polar surface area (TPSA) is 66.5 Å². The zero-order valence-corrected chi connectivity index (χ0v) is 14.8. The SMILES string of the molecule is Cc1cccc(N(C)S(=O)(=O)c2ccc3c(c2)CCC(=O)N3)c1C. The van der Waals surface area contributed by atoms with E-state index in [1.165, 1.54) is 4.31 Å². The van der Waals surface area contributed by atoms with Crippen LogP contribution in [0.2, 0.25) is 0 Å². The number of carbonyl (C=O) groups is 1. The van der Waals surface area contributed by atoms with E-state index in [4.69, 9.17) is 0 Å². The standard InChI is InChI=1S/C18H20N2O3S/c1-12-5-4-6-17(13(12)2)20(3)24(22,23)15-8-9-16-14(11-15)7-10-18(21)19-16/h4-6,8-9,11H,7,10H2,1-3H3,(H,19,21). The molecular weight excluding hydrogens is 324 g/mol. The average Bonchev–Trinajstić information content (AvgIpc) is 2.56. The molecule has 0 fully saturated rings. The molecule has 0 saturated heterocycles. The largest absolute Gasteiger partial charge is 0.326 e. The van der Waals surface area contributed by atoms with Crippen molar-refractivity contribution in [2.24, 2.45) is 0 Å². The second kappa shape index (κ2) is 5.94. The van der Waals surface area contributed by atoms with Crippen LogP contribution in [0, 0.1) is 13.8 Å². The Morgan fingerprint density at radius 2 is 1.83 bits per heavy atom. The van der Waals surface area contributed by atoms with Crippen molar-refractivity contribution in [3.63, 3.8) is 0 Å². The molecule has 1 amide bonds. The Morgan fingerprint density at radius 3 is 2.58 bits per heavy atom. The van der Waals surface area contributed by atoms with Crippen LogP contribution in [-0.2, 0) is 21.2 Å². The Hall–Kier alpha value is -2.34. The van der Waals surface area contributed by atoms with Crippen LogP contribution in [0.3, 0.4) is 0 Å². The summed E-state index contributed by atoms with van der Waals surface area (Å²) in [6.07, 6.45) is 0.932. The van der Waals surface area contributed by atoms with E-state index in [9.17, 15) is 13.2 Å². The highest BCUT2D eigenvalue weighted by molar-refractivity contribution is 7.92. The maximum atomic E-state index is 13.0. The number of aryl methyl sites for hydroxylation is 2. The lowest BCUT2D eigenvalue weighted by atomic mass is 10.0. The fraction of sp³-hybridized carbons (Fsp3) is 0.278. The summed E-state index contributed by atoms with van der Waals surface area (Å²) in [5.41, 5.74) is 4.20. The number of hydrogen-bond acceptors (Lipinski definition) is 3. The molecule has 0 unspecified atom stereocenters. The molecule has 2 aromatic rings. The molecule has 6 heteroatoms. The lowest BCUT2D eigenvalue weighted by molar-refractivity contribution is -0.116. The Kier molecular flexibility index (Phi) is 4.09. The maximum Gasteiger partial charge on any atom is 0.264 e. The van der Waals surface area contributed by atoms with E-state index in [1.807, 2.05) is 26.0 Å². The number of nitrogens with one attached hydrogen (secondary N) is 1. The quantitative estimate of drug-likeness (QED) is 0.931. The van der Waals surface area contributed by atoms with Crippen molar-refractivity contribution in [1.82, 2.24) is 0 Å². The van der Waals surface area contributed by atoms with E-state index in [1.54, 1.807) is 31.3 Å². The fourth-order valence-corrected chi connectivity index (χ4v) is 4.19. The van der Waals surface area contributed by atoms with Crippen LogP contribution in [0.15, 0.2) is 41.3 Å². The Bertz CT molecular complexity index is 920. The van der Waals surface area contributed by atoms with Crippen molar-refractivity contribution in [1.29, 1.82) is 0 Å². The minimum atomic E-state index is -3.66. The van der Waals surface area contributed by atoms with Crippen LogP contribution in [0.4, 0.5) is 11.4 Å². The molecule has 0 saturated carbocycles. The number of fused-ring (bicyclic) bond motifs is 1. The lowest BCUT2D eigenvalue weighted by Crippen LogP contribution is -2.28. The van der Waals surface area contributed by atoms with Crippen LogP contribution < -0.4 is 9.62 Å². The number of amides is 1. The van der Waals surface area contributed by atoms with Gasteiger partial charge in [0.15, 0.2) is 0 Å². The highest BCUT2D eigenvalue weighted by Gasteiger charge is 2.25. The average molecular weight is 344 g/mol. The summed E-state index contributed by atoms with van der Waals surface area (Å²) < 4.78 is 27.3. The first-order chi connectivity index (χ1) is 11.3. The van der Waals surface area contributed by atoms with Gasteiger partial charge in [-0.1, -0.05) is 12.1 Å². The van der Waals surface area contributed by atoms with Gasteiger partial charge in [0, 0.05) is 19.2 Å². The molecule has 0 radical (unpaired) electrons. The van der Waals surface area contributed by atoms with Crippen molar-refractivity contribution in [2.75, 3.05) is 16.7 Å². The number of benzene rings is 2. The first-order valence-electron chi connectivity index (χ1n) is 7.78. The van der Waals surface area contributed by atoms with E-state index in [0.717, 1.165) is 16.7 Å². The monoisotopic (exact) mass is 344 g/mol. The Balaban J connectivity index is 2.01. The first kappa shape index (κ1) is 16.5.